The number of fused-ring (bicyclic) bond motifs is 2. The number of methoxy groups -OCH3 is 1. The fourth-order valence-electron chi connectivity index (χ4n) is 5.35. The van der Waals surface area contributed by atoms with Crippen LogP contribution in [0.25, 0.3) is 10.8 Å². The van der Waals surface area contributed by atoms with Crippen LogP contribution in [-0.4, -0.2) is 44.8 Å². The van der Waals surface area contributed by atoms with Crippen molar-refractivity contribution in [2.75, 3.05) is 26.9 Å². The number of hydrogen-bond donors (Lipinski definition) is 1. The number of benzene rings is 3. The van der Waals surface area contributed by atoms with Crippen molar-refractivity contribution in [2.45, 2.75) is 56.9 Å². The summed E-state index contributed by atoms with van der Waals surface area (Å²) in [5.41, 5.74) is 1.92. The van der Waals surface area contributed by atoms with E-state index >= 15 is 0 Å². The van der Waals surface area contributed by atoms with E-state index in [1.165, 1.54) is 32.8 Å². The maximum Gasteiger partial charge on any atom is 0.306 e. The van der Waals surface area contributed by atoms with Gasteiger partial charge in [-0.1, -0.05) is 56.0 Å². The van der Waals surface area contributed by atoms with Gasteiger partial charge in [-0.3, -0.25) is 9.59 Å². The molecule has 2 aliphatic rings. The van der Waals surface area contributed by atoms with Gasteiger partial charge in [0, 0.05) is 12.0 Å². The summed E-state index contributed by atoms with van der Waals surface area (Å²) in [5, 5.41) is 5.14. The second kappa shape index (κ2) is 12.2. The Morgan fingerprint density at radius 1 is 0.868 bits per heavy atom. The van der Waals surface area contributed by atoms with E-state index in [1.807, 2.05) is 48.5 Å². The van der Waals surface area contributed by atoms with Gasteiger partial charge >= 0.3 is 5.97 Å². The number of nitrogens with one attached hydrogen (secondary N) is 1. The number of esters is 1. The van der Waals surface area contributed by atoms with Gasteiger partial charge in [0.1, 0.15) is 19.0 Å². The number of carbonyl (C=O) groups is 2. The molecule has 7 heteroatoms. The van der Waals surface area contributed by atoms with Crippen molar-refractivity contribution in [3.63, 3.8) is 0 Å². The predicted octanol–water partition coefficient (Wildman–Crippen LogP) is 5.52. The Hall–Kier alpha value is -3.74. The lowest BCUT2D eigenvalue weighted by atomic mass is 9.87. The summed E-state index contributed by atoms with van der Waals surface area (Å²) in [6, 6.07) is 18.0. The Morgan fingerprint density at radius 2 is 1.58 bits per heavy atom. The molecular weight excluding hydrogens is 482 g/mol. The molecule has 1 unspecified atom stereocenters. The van der Waals surface area contributed by atoms with Crippen molar-refractivity contribution >= 4 is 22.6 Å². The summed E-state index contributed by atoms with van der Waals surface area (Å²) in [5.74, 6) is 1.43. The second-order valence-electron chi connectivity index (χ2n) is 10.0. The van der Waals surface area contributed by atoms with E-state index in [9.17, 15) is 9.59 Å². The molecular formula is C31H35NO6. The van der Waals surface area contributed by atoms with Gasteiger partial charge in [-0.15, -0.1) is 0 Å². The highest BCUT2D eigenvalue weighted by Crippen LogP contribution is 2.37. The average molecular weight is 518 g/mol. The van der Waals surface area contributed by atoms with E-state index in [0.717, 1.165) is 34.7 Å². The molecule has 200 valence electrons. The quantitative estimate of drug-likeness (QED) is 0.313. The minimum atomic E-state index is -0.290. The summed E-state index contributed by atoms with van der Waals surface area (Å²) >= 11 is 0. The Morgan fingerprint density at radius 3 is 2.37 bits per heavy atom. The first-order chi connectivity index (χ1) is 18.6. The molecule has 0 radical (unpaired) electrons. The fraction of sp³-hybridized carbons (Fsp3) is 0.419. The Kier molecular flexibility index (Phi) is 8.31. The molecule has 1 heterocycles. The summed E-state index contributed by atoms with van der Waals surface area (Å²) in [4.78, 5) is 24.8. The van der Waals surface area contributed by atoms with E-state index in [4.69, 9.17) is 18.9 Å². The molecule has 1 amide bonds. The maximum atomic E-state index is 12.5. The van der Waals surface area contributed by atoms with Crippen LogP contribution in [0.15, 0.2) is 54.6 Å². The van der Waals surface area contributed by atoms with Crippen molar-refractivity contribution in [1.82, 2.24) is 5.32 Å². The van der Waals surface area contributed by atoms with Crippen LogP contribution in [0, 0.1) is 0 Å². The van der Waals surface area contributed by atoms with Gasteiger partial charge in [0.2, 0.25) is 0 Å². The lowest BCUT2D eigenvalue weighted by Gasteiger charge is -2.22. The molecule has 0 spiro atoms. The topological polar surface area (TPSA) is 83.1 Å². The van der Waals surface area contributed by atoms with Crippen LogP contribution >= 0.6 is 0 Å². The minimum absolute atomic E-state index is 0.0101. The monoisotopic (exact) mass is 517 g/mol. The molecule has 5 rings (SSSR count). The van der Waals surface area contributed by atoms with Crippen LogP contribution in [0.1, 0.15) is 62.0 Å². The zero-order valence-electron chi connectivity index (χ0n) is 21.9. The Labute approximate surface area is 223 Å². The first-order valence-corrected chi connectivity index (χ1v) is 13.5. The minimum Gasteiger partial charge on any atom is -0.486 e. The van der Waals surface area contributed by atoms with E-state index in [-0.39, 0.29) is 36.9 Å². The Bertz CT molecular complexity index is 1280. The third-order valence-electron chi connectivity index (χ3n) is 7.40. The zero-order valence-corrected chi connectivity index (χ0v) is 21.9. The van der Waals surface area contributed by atoms with E-state index in [0.29, 0.717) is 30.5 Å². The first-order valence-electron chi connectivity index (χ1n) is 13.5. The summed E-state index contributed by atoms with van der Waals surface area (Å²) in [7, 11) is 1.40. The molecule has 3 aromatic rings. The highest BCUT2D eigenvalue weighted by Gasteiger charge is 2.22. The molecule has 0 bridgehead atoms. The third kappa shape index (κ3) is 6.39. The van der Waals surface area contributed by atoms with Crippen LogP contribution in [0.2, 0.25) is 0 Å². The second-order valence-corrected chi connectivity index (χ2v) is 10.0. The lowest BCUT2D eigenvalue weighted by Crippen LogP contribution is -2.37. The molecule has 0 saturated heterocycles. The van der Waals surface area contributed by atoms with Crippen LogP contribution in [0.3, 0.4) is 0 Å². The van der Waals surface area contributed by atoms with Crippen molar-refractivity contribution in [3.8, 4) is 17.2 Å². The van der Waals surface area contributed by atoms with Gasteiger partial charge in [-0.25, -0.2) is 0 Å². The number of rotatable bonds is 8. The zero-order chi connectivity index (χ0) is 26.3. The van der Waals surface area contributed by atoms with E-state index in [1.54, 1.807) is 0 Å². The first kappa shape index (κ1) is 25.9. The maximum absolute atomic E-state index is 12.5. The number of ether oxygens (including phenoxy) is 4. The van der Waals surface area contributed by atoms with Gasteiger partial charge in [0.15, 0.2) is 18.1 Å². The van der Waals surface area contributed by atoms with Crippen LogP contribution < -0.4 is 19.5 Å². The molecule has 1 saturated carbocycles. The highest BCUT2D eigenvalue weighted by molar-refractivity contribution is 5.85. The largest absolute Gasteiger partial charge is 0.486 e. The van der Waals surface area contributed by atoms with Gasteiger partial charge in [0.25, 0.3) is 5.91 Å². The number of hydrogen-bond acceptors (Lipinski definition) is 6. The number of carbonyl (C=O) groups excluding carboxylic acids is 2. The molecule has 1 N–H and O–H groups in total. The normalized spacial score (nSPS) is 16.3. The Balaban J connectivity index is 1.34. The molecule has 0 aromatic heterocycles. The van der Waals surface area contributed by atoms with Crippen molar-refractivity contribution < 1.29 is 28.5 Å². The predicted molar refractivity (Wildman–Crippen MR) is 145 cm³/mol. The number of amides is 1. The smallest absolute Gasteiger partial charge is 0.306 e. The lowest BCUT2D eigenvalue weighted by molar-refractivity contribution is -0.140. The van der Waals surface area contributed by atoms with E-state index < -0.39 is 0 Å². The molecule has 1 fully saturated rings. The standard InChI is InChI=1S/C31H35NO6/c1-35-31(34)19-27(23-11-13-28-29(18-23)37-15-14-36-28)22-9-8-21-10-12-26(17-24(21)16-22)38-20-30(33)32-25-6-4-2-3-5-7-25/h8-13,16-18,25,27H,2-7,14-15,19-20H2,1H3,(H,32,33). The highest BCUT2D eigenvalue weighted by atomic mass is 16.6. The van der Waals surface area contributed by atoms with Crippen LogP contribution in [-0.2, 0) is 14.3 Å². The van der Waals surface area contributed by atoms with Gasteiger partial charge < -0.3 is 24.3 Å². The molecule has 1 aliphatic carbocycles. The van der Waals surface area contributed by atoms with Gasteiger partial charge in [0.05, 0.1) is 13.5 Å². The van der Waals surface area contributed by atoms with Crippen LogP contribution in [0.5, 0.6) is 17.2 Å². The SMILES string of the molecule is COC(=O)CC(c1ccc2c(c1)OCCO2)c1ccc2ccc(OCC(=O)NC3CCCCCC3)cc2c1. The third-order valence-corrected chi connectivity index (χ3v) is 7.40. The van der Waals surface area contributed by atoms with Crippen LogP contribution in [0.4, 0.5) is 0 Å². The average Bonchev–Trinajstić information content (AvgIpc) is 3.22. The fourth-order valence-corrected chi connectivity index (χ4v) is 5.35. The molecule has 38 heavy (non-hydrogen) atoms. The summed E-state index contributed by atoms with van der Waals surface area (Å²) in [6.07, 6.45) is 7.11. The van der Waals surface area contributed by atoms with Crippen molar-refractivity contribution in [3.05, 3.63) is 65.7 Å². The molecule has 1 atom stereocenters. The summed E-state index contributed by atoms with van der Waals surface area (Å²) in [6.45, 7) is 1.01. The molecule has 3 aromatic carbocycles. The van der Waals surface area contributed by atoms with Gasteiger partial charge in [-0.2, -0.15) is 0 Å². The van der Waals surface area contributed by atoms with Crippen molar-refractivity contribution in [2.24, 2.45) is 0 Å². The van der Waals surface area contributed by atoms with E-state index in [2.05, 4.69) is 11.4 Å². The molecule has 7 nitrogen and oxygen atoms in total. The van der Waals surface area contributed by atoms with Gasteiger partial charge in [-0.05, 0) is 59.0 Å². The van der Waals surface area contributed by atoms with Crippen molar-refractivity contribution in [1.29, 1.82) is 0 Å². The summed E-state index contributed by atoms with van der Waals surface area (Å²) < 4.78 is 22.3. The molecule has 1 aliphatic heterocycles.